The third kappa shape index (κ3) is 35.7. The summed E-state index contributed by atoms with van der Waals surface area (Å²) in [5, 5.41) is 120. The highest BCUT2D eigenvalue weighted by molar-refractivity contribution is 5.76. The Kier molecular flexibility index (Phi) is 48.3. The van der Waals surface area contributed by atoms with E-state index in [1.54, 1.807) is 12.2 Å². The average molecular weight is 1310 g/mol. The molecule has 3 rings (SSSR count). The van der Waals surface area contributed by atoms with Gasteiger partial charge in [-0.3, -0.25) is 4.79 Å². The van der Waals surface area contributed by atoms with Crippen molar-refractivity contribution in [3.8, 4) is 0 Å². The van der Waals surface area contributed by atoms with Crippen LogP contribution < -0.4 is 5.32 Å². The number of hydrogen-bond acceptors (Lipinski definition) is 18. The van der Waals surface area contributed by atoms with Gasteiger partial charge in [0, 0.05) is 6.42 Å². The molecule has 0 radical (unpaired) electrons. The lowest BCUT2D eigenvalue weighted by Crippen LogP contribution is -2.66. The number of aliphatic hydroxyl groups excluding tert-OH is 11. The molecule has 0 aromatic carbocycles. The van der Waals surface area contributed by atoms with Crippen LogP contribution in [0.3, 0.4) is 0 Å². The Morgan fingerprint density at radius 2 is 0.753 bits per heavy atom. The molecule has 1 amide bonds. The summed E-state index contributed by atoms with van der Waals surface area (Å²) < 4.78 is 34.1. The number of hydrogen-bond donors (Lipinski definition) is 12. The minimum absolute atomic E-state index is 0.225. The molecule has 17 unspecified atom stereocenters. The Morgan fingerprint density at radius 1 is 0.398 bits per heavy atom. The number of nitrogens with one attached hydrogen (secondary N) is 1. The van der Waals surface area contributed by atoms with Gasteiger partial charge in [0.1, 0.15) is 73.2 Å². The molecule has 530 valence electrons. The summed E-state index contributed by atoms with van der Waals surface area (Å²) in [7, 11) is 0. The van der Waals surface area contributed by atoms with Crippen LogP contribution in [0.5, 0.6) is 0 Å². The van der Waals surface area contributed by atoms with Crippen molar-refractivity contribution in [1.82, 2.24) is 5.32 Å². The first kappa shape index (κ1) is 83.2. The predicted molar refractivity (Wildman–Crippen MR) is 364 cm³/mol. The molecule has 0 saturated carbocycles. The molecule has 3 aliphatic heterocycles. The maximum absolute atomic E-state index is 13.3. The second-order valence-electron chi connectivity index (χ2n) is 24.2. The standard InChI is InChI=1S/C74H121NO18/c1-3-5-7-9-11-12-13-14-15-16-17-18-19-20-21-22-23-24-25-26-27-28-29-30-31-32-33-34-35-36-37-38-39-40-41-42-43-44-46-48-50-52-62(80)75-57(58(79)51-49-47-45-10-8-6-4-2)56-88-72-68(86)65(83)70(60(54-77)90-72)93-74-69(87)66(84)71(61(55-78)91-74)92-73-67(85)64(82)63(81)59(53-76)89-73/h5,7-8,10-12,14-15,17-18,20-21,23-24,26-27,29-30,32-33,49,51,57-61,63-74,76-79,81-87H,3-4,6,9,13,16,19,22,25,28,31,34-48,50,52-56H2,1-2H3,(H,75,80)/b7-5-,10-8+,12-11-,15-14-,18-17-,21-20-,24-23-,27-26-,30-29-,33-32-,51-49+. The van der Waals surface area contributed by atoms with Crippen LogP contribution in [0.4, 0.5) is 0 Å². The fourth-order valence-electron chi connectivity index (χ4n) is 10.8. The van der Waals surface area contributed by atoms with E-state index >= 15 is 0 Å². The molecule has 0 spiro atoms. The van der Waals surface area contributed by atoms with Gasteiger partial charge in [-0.25, -0.2) is 0 Å². The van der Waals surface area contributed by atoms with Crippen LogP contribution in [-0.2, 0) is 33.2 Å². The van der Waals surface area contributed by atoms with Gasteiger partial charge in [-0.15, -0.1) is 0 Å². The second-order valence-corrected chi connectivity index (χ2v) is 24.2. The zero-order valence-corrected chi connectivity index (χ0v) is 55.9. The van der Waals surface area contributed by atoms with Gasteiger partial charge in [0.25, 0.3) is 0 Å². The van der Waals surface area contributed by atoms with Crippen molar-refractivity contribution in [2.24, 2.45) is 0 Å². The van der Waals surface area contributed by atoms with Crippen LogP contribution in [-0.4, -0.2) is 193 Å². The number of ether oxygens (including phenoxy) is 6. The SMILES string of the molecule is CC/C=C\C/C=C\C/C=C\C/C=C\C/C=C\C/C=C\C/C=C\C/C=C\C/C=C\CCCCCCCCCCCCCCCC(=O)NC(COC1OC(CO)C(OC2OC(CO)C(OC3OC(CO)C(O)C(O)C3O)C(O)C2O)C(O)C1O)C(O)/C=C/CC/C=C/CCC. The van der Waals surface area contributed by atoms with Gasteiger partial charge >= 0.3 is 0 Å². The van der Waals surface area contributed by atoms with E-state index in [0.29, 0.717) is 12.8 Å². The maximum atomic E-state index is 13.3. The van der Waals surface area contributed by atoms with Crippen molar-refractivity contribution in [2.75, 3.05) is 26.4 Å². The van der Waals surface area contributed by atoms with E-state index in [1.807, 2.05) is 0 Å². The molecule has 0 bridgehead atoms. The van der Waals surface area contributed by atoms with Crippen molar-refractivity contribution in [3.63, 3.8) is 0 Å². The summed E-state index contributed by atoms with van der Waals surface area (Å²) in [6.07, 6.45) is 49.4. The fourth-order valence-corrected chi connectivity index (χ4v) is 10.8. The summed E-state index contributed by atoms with van der Waals surface area (Å²) in [6, 6.07) is -0.995. The third-order valence-electron chi connectivity index (χ3n) is 16.4. The van der Waals surface area contributed by atoms with E-state index in [4.69, 9.17) is 28.4 Å². The Labute approximate surface area is 556 Å². The van der Waals surface area contributed by atoms with Crippen molar-refractivity contribution in [2.45, 2.75) is 298 Å². The molecule has 0 aliphatic carbocycles. The number of unbranched alkanes of at least 4 members (excludes halogenated alkanes) is 15. The molecule has 3 aliphatic rings. The number of carbonyl (C=O) groups excluding carboxylic acids is 1. The molecule has 0 aromatic heterocycles. The van der Waals surface area contributed by atoms with Gasteiger partial charge in [-0.1, -0.05) is 225 Å². The Balaban J connectivity index is 1.27. The highest BCUT2D eigenvalue weighted by atomic mass is 16.8. The summed E-state index contributed by atoms with van der Waals surface area (Å²) in [6.45, 7) is 1.44. The largest absolute Gasteiger partial charge is 0.394 e. The molecular formula is C74H121NO18. The first-order valence-electron chi connectivity index (χ1n) is 34.9. The van der Waals surface area contributed by atoms with Gasteiger partial charge in [0.15, 0.2) is 18.9 Å². The summed E-state index contributed by atoms with van der Waals surface area (Å²) in [5.41, 5.74) is 0. The minimum Gasteiger partial charge on any atom is -0.394 e. The van der Waals surface area contributed by atoms with E-state index in [2.05, 4.69) is 141 Å². The van der Waals surface area contributed by atoms with E-state index in [0.717, 1.165) is 109 Å². The normalized spacial score (nSPS) is 28.4. The quantitative estimate of drug-likeness (QED) is 0.0199. The van der Waals surface area contributed by atoms with Gasteiger partial charge in [0.05, 0.1) is 38.6 Å². The van der Waals surface area contributed by atoms with Gasteiger partial charge in [-0.05, 0) is 96.3 Å². The van der Waals surface area contributed by atoms with Crippen LogP contribution in [0.25, 0.3) is 0 Å². The van der Waals surface area contributed by atoms with Crippen molar-refractivity contribution in [3.05, 3.63) is 134 Å². The zero-order chi connectivity index (χ0) is 67.5. The van der Waals surface area contributed by atoms with Crippen LogP contribution in [0.1, 0.15) is 194 Å². The molecular weight excluding hydrogens is 1190 g/mol. The number of aliphatic hydroxyl groups is 11. The summed E-state index contributed by atoms with van der Waals surface area (Å²) in [5.74, 6) is -0.298. The van der Waals surface area contributed by atoms with E-state index < -0.39 is 124 Å². The van der Waals surface area contributed by atoms with E-state index in [-0.39, 0.29) is 18.9 Å². The Morgan fingerprint density at radius 3 is 1.19 bits per heavy atom. The molecule has 19 nitrogen and oxygen atoms in total. The number of carbonyl (C=O) groups is 1. The van der Waals surface area contributed by atoms with Gasteiger partial charge < -0.3 is 89.9 Å². The molecule has 3 fully saturated rings. The average Bonchev–Trinajstić information content (AvgIpc) is 0.798. The monoisotopic (exact) mass is 1310 g/mol. The Bertz CT molecular complexity index is 2210. The smallest absolute Gasteiger partial charge is 0.220 e. The molecule has 19 heteroatoms. The number of amides is 1. The predicted octanol–water partition coefficient (Wildman–Crippen LogP) is 9.38. The lowest BCUT2D eigenvalue weighted by Gasteiger charge is -2.48. The second kappa shape index (κ2) is 54.0. The summed E-state index contributed by atoms with van der Waals surface area (Å²) in [4.78, 5) is 13.3. The third-order valence-corrected chi connectivity index (χ3v) is 16.4. The van der Waals surface area contributed by atoms with E-state index in [1.165, 1.54) is 51.4 Å². The summed E-state index contributed by atoms with van der Waals surface area (Å²) >= 11 is 0. The minimum atomic E-state index is -1.98. The van der Waals surface area contributed by atoms with Crippen LogP contribution >= 0.6 is 0 Å². The zero-order valence-electron chi connectivity index (χ0n) is 55.9. The van der Waals surface area contributed by atoms with E-state index in [9.17, 15) is 61.0 Å². The lowest BCUT2D eigenvalue weighted by molar-refractivity contribution is -0.379. The lowest BCUT2D eigenvalue weighted by atomic mass is 9.96. The number of rotatable bonds is 51. The highest BCUT2D eigenvalue weighted by Gasteiger charge is 2.53. The van der Waals surface area contributed by atoms with Crippen molar-refractivity contribution >= 4 is 5.91 Å². The molecule has 0 aromatic rings. The Hall–Kier alpha value is -4.07. The molecule has 3 saturated heterocycles. The number of allylic oxidation sites excluding steroid dienone is 21. The molecule has 12 N–H and O–H groups in total. The molecule has 3 heterocycles. The molecule has 17 atom stereocenters. The highest BCUT2D eigenvalue weighted by Crippen LogP contribution is 2.33. The van der Waals surface area contributed by atoms with Crippen molar-refractivity contribution in [1.29, 1.82) is 0 Å². The van der Waals surface area contributed by atoms with Gasteiger partial charge in [0.2, 0.25) is 5.91 Å². The topological polar surface area (TPSA) is 307 Å². The maximum Gasteiger partial charge on any atom is 0.220 e. The first-order chi connectivity index (χ1) is 45.3. The van der Waals surface area contributed by atoms with Crippen LogP contribution in [0.2, 0.25) is 0 Å². The van der Waals surface area contributed by atoms with Gasteiger partial charge in [-0.2, -0.15) is 0 Å². The fraction of sp³-hybridized carbons (Fsp3) is 0.689. The first-order valence-corrected chi connectivity index (χ1v) is 34.9. The molecule has 93 heavy (non-hydrogen) atoms. The van der Waals surface area contributed by atoms with Crippen molar-refractivity contribution < 1.29 is 89.4 Å². The van der Waals surface area contributed by atoms with Crippen LogP contribution in [0.15, 0.2) is 134 Å². The van der Waals surface area contributed by atoms with Crippen LogP contribution in [0, 0.1) is 0 Å².